The molecule has 0 N–H and O–H groups in total. The average Bonchev–Trinajstić information content (AvgIpc) is 2.83. The Bertz CT molecular complexity index is 1160. The molecule has 0 unspecified atom stereocenters. The van der Waals surface area contributed by atoms with Crippen LogP contribution in [0.15, 0.2) is 65.2 Å². The van der Waals surface area contributed by atoms with E-state index in [1.165, 1.54) is 10.4 Å². The number of benzene rings is 2. The zero-order chi connectivity index (χ0) is 22.9. The molecule has 0 radical (unpaired) electrons. The molecule has 1 aliphatic carbocycles. The van der Waals surface area contributed by atoms with E-state index in [1.807, 2.05) is 44.2 Å². The van der Waals surface area contributed by atoms with Crippen LogP contribution in [0.3, 0.4) is 0 Å². The first-order valence-corrected chi connectivity index (χ1v) is 12.3. The Labute approximate surface area is 189 Å². The number of nitrogens with zero attached hydrogens (tertiary/aromatic N) is 3. The minimum absolute atomic E-state index is 0.0100. The number of allylic oxidation sites excluding steroid dienone is 2. The van der Waals surface area contributed by atoms with Gasteiger partial charge in [-0.1, -0.05) is 42.5 Å². The molecule has 0 atom stereocenters. The molecule has 168 valence electrons. The Morgan fingerprint density at radius 3 is 1.88 bits per heavy atom. The number of carbonyl (C=O) groups is 2. The van der Waals surface area contributed by atoms with Crippen molar-refractivity contribution in [3.05, 3.63) is 76.3 Å². The predicted octanol–water partition coefficient (Wildman–Crippen LogP) is 2.77. The molecule has 0 saturated carbocycles. The predicted molar refractivity (Wildman–Crippen MR) is 124 cm³/mol. The number of sulfonamides is 1. The Balaban J connectivity index is 1.72. The van der Waals surface area contributed by atoms with Crippen molar-refractivity contribution in [2.75, 3.05) is 44.2 Å². The number of piperazine rings is 1. The van der Waals surface area contributed by atoms with E-state index in [-0.39, 0.29) is 29.9 Å². The summed E-state index contributed by atoms with van der Waals surface area (Å²) in [6, 6.07) is 16.3. The van der Waals surface area contributed by atoms with Gasteiger partial charge in [0.1, 0.15) is 5.70 Å². The van der Waals surface area contributed by atoms with Gasteiger partial charge in [0, 0.05) is 56.1 Å². The molecule has 1 saturated heterocycles. The Morgan fingerprint density at radius 2 is 1.31 bits per heavy atom. The molecule has 2 aromatic rings. The van der Waals surface area contributed by atoms with E-state index >= 15 is 0 Å². The van der Waals surface area contributed by atoms with Crippen LogP contribution in [0, 0.1) is 0 Å². The summed E-state index contributed by atoms with van der Waals surface area (Å²) in [5, 5.41) is 0. The van der Waals surface area contributed by atoms with Crippen LogP contribution in [0.1, 0.15) is 34.6 Å². The van der Waals surface area contributed by atoms with E-state index in [0.29, 0.717) is 26.2 Å². The number of anilines is 1. The number of para-hydroxylation sites is 1. The van der Waals surface area contributed by atoms with Crippen LogP contribution in [-0.4, -0.2) is 68.5 Å². The van der Waals surface area contributed by atoms with Crippen molar-refractivity contribution in [3.8, 4) is 0 Å². The first-order chi connectivity index (χ1) is 15.4. The summed E-state index contributed by atoms with van der Waals surface area (Å²) in [6.07, 6.45) is 0. The molecule has 8 heteroatoms. The molecule has 7 nitrogen and oxygen atoms in total. The molecule has 0 bridgehead atoms. The van der Waals surface area contributed by atoms with Crippen LogP contribution in [0.2, 0.25) is 0 Å². The van der Waals surface area contributed by atoms with Gasteiger partial charge in [-0.2, -0.15) is 4.31 Å². The highest BCUT2D eigenvalue weighted by Gasteiger charge is 2.43. The molecule has 0 spiro atoms. The molecule has 0 amide bonds. The highest BCUT2D eigenvalue weighted by atomic mass is 32.2. The van der Waals surface area contributed by atoms with Gasteiger partial charge in [0.2, 0.25) is 21.6 Å². The molecule has 4 rings (SSSR count). The highest BCUT2D eigenvalue weighted by molar-refractivity contribution is 7.94. The highest BCUT2D eigenvalue weighted by Crippen LogP contribution is 2.33. The van der Waals surface area contributed by atoms with Crippen molar-refractivity contribution in [2.45, 2.75) is 13.8 Å². The monoisotopic (exact) mass is 453 g/mol. The lowest BCUT2D eigenvalue weighted by Gasteiger charge is -2.37. The minimum Gasteiger partial charge on any atom is -0.369 e. The molecule has 1 fully saturated rings. The molecule has 2 aromatic carbocycles. The summed E-state index contributed by atoms with van der Waals surface area (Å²) in [4.78, 5) is 30.2. The fraction of sp³-hybridized carbons (Fsp3) is 0.333. The Morgan fingerprint density at radius 1 is 0.781 bits per heavy atom. The summed E-state index contributed by atoms with van der Waals surface area (Å²) >= 11 is 0. The smallest absolute Gasteiger partial charge is 0.249 e. The second-order valence-corrected chi connectivity index (χ2v) is 9.66. The number of hydrogen-bond donors (Lipinski definition) is 0. The molecule has 32 heavy (non-hydrogen) atoms. The third-order valence-corrected chi connectivity index (χ3v) is 8.03. The average molecular weight is 454 g/mol. The third-order valence-electron chi connectivity index (χ3n) is 6.09. The van der Waals surface area contributed by atoms with Gasteiger partial charge in [-0.25, -0.2) is 8.42 Å². The fourth-order valence-electron chi connectivity index (χ4n) is 4.36. The van der Waals surface area contributed by atoms with Gasteiger partial charge in [-0.15, -0.1) is 0 Å². The zero-order valence-electron chi connectivity index (χ0n) is 18.3. The summed E-state index contributed by atoms with van der Waals surface area (Å²) in [5.74, 6) is -1.02. The SMILES string of the molecule is CCN(CC)C1=C(S(=O)(=O)N2CCN(c3ccccc3)CC2)C(=O)c2ccccc2C1=O. The van der Waals surface area contributed by atoms with E-state index in [0.717, 1.165) is 5.69 Å². The summed E-state index contributed by atoms with van der Waals surface area (Å²) in [5.41, 5.74) is 1.43. The molecular formula is C24H27N3O4S. The topological polar surface area (TPSA) is 78.0 Å². The number of carbonyl (C=O) groups excluding carboxylic acids is 2. The van der Waals surface area contributed by atoms with Gasteiger partial charge in [-0.05, 0) is 26.0 Å². The Hall–Kier alpha value is -2.97. The van der Waals surface area contributed by atoms with E-state index < -0.39 is 26.5 Å². The van der Waals surface area contributed by atoms with Gasteiger partial charge in [0.15, 0.2) is 4.91 Å². The van der Waals surface area contributed by atoms with E-state index in [4.69, 9.17) is 0 Å². The summed E-state index contributed by atoms with van der Waals surface area (Å²) in [6.45, 7) is 6.05. The van der Waals surface area contributed by atoms with E-state index in [1.54, 1.807) is 23.1 Å². The third kappa shape index (κ3) is 3.73. The maximum Gasteiger partial charge on any atom is 0.249 e. The number of likely N-dealkylation sites (N-methyl/N-ethyl adjacent to an activating group) is 1. The quantitative estimate of drug-likeness (QED) is 0.669. The van der Waals surface area contributed by atoms with Crippen molar-refractivity contribution in [1.29, 1.82) is 0 Å². The molecule has 1 aliphatic heterocycles. The minimum atomic E-state index is -4.16. The standard InChI is InChI=1S/C24H27N3O4S/c1-3-25(4-2)21-22(28)19-12-8-9-13-20(19)23(29)24(21)32(30,31)27-16-14-26(15-17-27)18-10-6-5-7-11-18/h5-13H,3-4,14-17H2,1-2H3. The van der Waals surface area contributed by atoms with Crippen molar-refractivity contribution in [1.82, 2.24) is 9.21 Å². The van der Waals surface area contributed by atoms with Crippen molar-refractivity contribution in [2.24, 2.45) is 0 Å². The lowest BCUT2D eigenvalue weighted by molar-refractivity contribution is 0.0948. The Kier molecular flexibility index (Phi) is 6.17. The number of hydrogen-bond acceptors (Lipinski definition) is 6. The van der Waals surface area contributed by atoms with Gasteiger partial charge in [0.05, 0.1) is 0 Å². The van der Waals surface area contributed by atoms with Crippen molar-refractivity contribution >= 4 is 27.3 Å². The normalized spacial score (nSPS) is 17.5. The van der Waals surface area contributed by atoms with Crippen LogP contribution in [0.4, 0.5) is 5.69 Å². The lowest BCUT2D eigenvalue weighted by Crippen LogP contribution is -2.50. The maximum atomic E-state index is 13.7. The second kappa shape index (κ2) is 8.88. The number of fused-ring (bicyclic) bond motifs is 1. The molecule has 0 aromatic heterocycles. The van der Waals surface area contributed by atoms with Crippen LogP contribution in [-0.2, 0) is 10.0 Å². The van der Waals surface area contributed by atoms with Gasteiger partial charge < -0.3 is 9.80 Å². The molecular weight excluding hydrogens is 426 g/mol. The van der Waals surface area contributed by atoms with Gasteiger partial charge in [0.25, 0.3) is 0 Å². The number of Topliss-reactive ketones (excluding diaryl/α,β-unsaturated/α-hetero) is 2. The second-order valence-electron chi connectivity index (χ2n) is 7.78. The number of ketones is 2. The molecule has 2 aliphatic rings. The summed E-state index contributed by atoms with van der Waals surface area (Å²) < 4.78 is 28.8. The number of rotatable bonds is 6. The van der Waals surface area contributed by atoms with Gasteiger partial charge >= 0.3 is 0 Å². The first kappa shape index (κ1) is 22.2. The largest absolute Gasteiger partial charge is 0.369 e. The maximum absolute atomic E-state index is 13.7. The van der Waals surface area contributed by atoms with Gasteiger partial charge in [-0.3, -0.25) is 9.59 Å². The fourth-order valence-corrected chi connectivity index (χ4v) is 6.07. The van der Waals surface area contributed by atoms with E-state index in [2.05, 4.69) is 4.90 Å². The van der Waals surface area contributed by atoms with Crippen molar-refractivity contribution in [3.63, 3.8) is 0 Å². The van der Waals surface area contributed by atoms with Crippen LogP contribution in [0.25, 0.3) is 0 Å². The zero-order valence-corrected chi connectivity index (χ0v) is 19.1. The van der Waals surface area contributed by atoms with Crippen LogP contribution < -0.4 is 4.90 Å². The van der Waals surface area contributed by atoms with Crippen LogP contribution in [0.5, 0.6) is 0 Å². The summed E-state index contributed by atoms with van der Waals surface area (Å²) in [7, 11) is -4.16. The molecule has 1 heterocycles. The van der Waals surface area contributed by atoms with Crippen molar-refractivity contribution < 1.29 is 18.0 Å². The lowest BCUT2D eigenvalue weighted by atomic mass is 9.92. The van der Waals surface area contributed by atoms with Crippen LogP contribution >= 0.6 is 0 Å². The van der Waals surface area contributed by atoms with E-state index in [9.17, 15) is 18.0 Å². The first-order valence-electron chi connectivity index (χ1n) is 10.9.